The van der Waals surface area contributed by atoms with Crippen LogP contribution in [0, 0.1) is 0 Å². The Balaban J connectivity index is 2.66. The van der Waals surface area contributed by atoms with Crippen LogP contribution in [0.3, 0.4) is 0 Å². The first kappa shape index (κ1) is 8.59. The molecule has 0 aromatic carbocycles. The molecule has 0 atom stereocenters. The van der Waals surface area contributed by atoms with Crippen molar-refractivity contribution in [2.24, 2.45) is 0 Å². The molecule has 0 N–H and O–H groups in total. The summed E-state index contributed by atoms with van der Waals surface area (Å²) < 4.78 is 20.4. The van der Waals surface area contributed by atoms with Gasteiger partial charge in [-0.2, -0.15) is 0 Å². The second-order valence-corrected chi connectivity index (χ2v) is 1.38. The van der Waals surface area contributed by atoms with Crippen LogP contribution in [0.15, 0.2) is 12.7 Å². The highest BCUT2D eigenvalue weighted by Gasteiger charge is 1.83. The fraction of sp³-hybridized carbons (Fsp3) is 0.667. The molecule has 0 saturated carbocycles. The van der Waals surface area contributed by atoms with Gasteiger partial charge in [-0.3, -0.25) is 0 Å². The molecule has 0 fully saturated rings. The molecule has 0 aliphatic carbocycles. The Morgan fingerprint density at radius 3 is 2.56 bits per heavy atom. The molecule has 0 radical (unpaired) electrons. The van der Waals surface area contributed by atoms with Gasteiger partial charge in [0, 0.05) is 0 Å². The van der Waals surface area contributed by atoms with Gasteiger partial charge in [-0.05, 0) is 0 Å². The third kappa shape index (κ3) is 7.59. The van der Waals surface area contributed by atoms with Crippen LogP contribution in [0.1, 0.15) is 0 Å². The predicted molar refractivity (Wildman–Crippen MR) is 32.9 cm³/mol. The molecular formula is C6H11FO2. The number of rotatable bonds is 6. The number of ether oxygens (including phenoxy) is 2. The average Bonchev–Trinajstić information content (AvgIpc) is 1.89. The van der Waals surface area contributed by atoms with Gasteiger partial charge in [-0.1, -0.05) is 6.08 Å². The van der Waals surface area contributed by atoms with E-state index in [2.05, 4.69) is 11.3 Å². The molecule has 0 aromatic rings. The summed E-state index contributed by atoms with van der Waals surface area (Å²) in [6.07, 6.45) is 1.63. The Morgan fingerprint density at radius 1 is 1.33 bits per heavy atom. The normalized spacial score (nSPS) is 9.44. The molecule has 0 aliphatic heterocycles. The van der Waals surface area contributed by atoms with Gasteiger partial charge in [0.25, 0.3) is 0 Å². The molecule has 2 nitrogen and oxygen atoms in total. The third-order valence-electron chi connectivity index (χ3n) is 0.685. The standard InChI is InChI=1S/C6H11FO2/c1-2-3-8-4-5-9-6-7/h2H,1,3-6H2. The van der Waals surface area contributed by atoms with Crippen molar-refractivity contribution in [3.05, 3.63) is 12.7 Å². The molecule has 0 rings (SSSR count). The minimum Gasteiger partial charge on any atom is -0.375 e. The highest BCUT2D eigenvalue weighted by molar-refractivity contribution is 4.63. The maximum absolute atomic E-state index is 11.2. The number of hydrogen-bond acceptors (Lipinski definition) is 2. The summed E-state index contributed by atoms with van der Waals surface area (Å²) in [5.74, 6) is 0. The van der Waals surface area contributed by atoms with E-state index in [1.165, 1.54) is 0 Å². The van der Waals surface area contributed by atoms with Crippen LogP contribution >= 0.6 is 0 Å². The van der Waals surface area contributed by atoms with Crippen LogP contribution in [-0.2, 0) is 9.47 Å². The lowest BCUT2D eigenvalue weighted by Gasteiger charge is -1.98. The Morgan fingerprint density at radius 2 is 2.00 bits per heavy atom. The number of halogens is 1. The van der Waals surface area contributed by atoms with Gasteiger partial charge in [-0.15, -0.1) is 6.58 Å². The van der Waals surface area contributed by atoms with Crippen molar-refractivity contribution in [2.45, 2.75) is 0 Å². The first-order chi connectivity index (χ1) is 4.41. The summed E-state index contributed by atoms with van der Waals surface area (Å²) in [6.45, 7) is 3.93. The van der Waals surface area contributed by atoms with E-state index in [9.17, 15) is 4.39 Å². The predicted octanol–water partition coefficient (Wildman–Crippen LogP) is 1.13. The fourth-order valence-electron chi connectivity index (χ4n) is 0.339. The third-order valence-corrected chi connectivity index (χ3v) is 0.685. The Labute approximate surface area is 54.3 Å². The molecule has 0 saturated heterocycles. The second kappa shape index (κ2) is 7.59. The molecule has 3 heteroatoms. The van der Waals surface area contributed by atoms with E-state index in [0.29, 0.717) is 19.8 Å². The number of hydrogen-bond donors (Lipinski definition) is 0. The molecule has 0 spiro atoms. The van der Waals surface area contributed by atoms with Crippen molar-refractivity contribution in [1.29, 1.82) is 0 Å². The van der Waals surface area contributed by atoms with Crippen LogP contribution in [-0.4, -0.2) is 26.7 Å². The van der Waals surface area contributed by atoms with Crippen molar-refractivity contribution in [2.75, 3.05) is 26.7 Å². The summed E-state index contributed by atoms with van der Waals surface area (Å²) >= 11 is 0. The SMILES string of the molecule is C=CCOCCOCF. The summed E-state index contributed by atoms with van der Waals surface area (Å²) in [5.41, 5.74) is 0. The van der Waals surface area contributed by atoms with Crippen LogP contribution in [0.4, 0.5) is 4.39 Å². The molecule has 0 aromatic heterocycles. The van der Waals surface area contributed by atoms with Gasteiger partial charge in [0.15, 0.2) is 6.86 Å². The van der Waals surface area contributed by atoms with Crippen molar-refractivity contribution in [1.82, 2.24) is 0 Å². The van der Waals surface area contributed by atoms with Crippen LogP contribution in [0.5, 0.6) is 0 Å². The van der Waals surface area contributed by atoms with Crippen molar-refractivity contribution in [3.63, 3.8) is 0 Å². The average molecular weight is 134 g/mol. The van der Waals surface area contributed by atoms with Crippen molar-refractivity contribution < 1.29 is 13.9 Å². The Hall–Kier alpha value is -0.410. The van der Waals surface area contributed by atoms with E-state index in [0.717, 1.165) is 0 Å². The zero-order valence-corrected chi connectivity index (χ0v) is 5.31. The lowest BCUT2D eigenvalue weighted by Crippen LogP contribution is -2.02. The van der Waals surface area contributed by atoms with E-state index < -0.39 is 6.86 Å². The molecule has 0 heterocycles. The molecular weight excluding hydrogens is 123 g/mol. The van der Waals surface area contributed by atoms with Gasteiger partial charge in [0.1, 0.15) is 0 Å². The summed E-state index contributed by atoms with van der Waals surface area (Å²) in [7, 11) is 0. The first-order valence-corrected chi connectivity index (χ1v) is 2.74. The van der Waals surface area contributed by atoms with E-state index in [1.807, 2.05) is 0 Å². The summed E-state index contributed by atoms with van der Waals surface area (Å²) in [4.78, 5) is 0. The van der Waals surface area contributed by atoms with Gasteiger partial charge in [0.2, 0.25) is 0 Å². The monoisotopic (exact) mass is 134 g/mol. The minimum absolute atomic E-state index is 0.310. The van der Waals surface area contributed by atoms with Gasteiger partial charge in [-0.25, -0.2) is 4.39 Å². The molecule has 9 heavy (non-hydrogen) atoms. The molecule has 0 bridgehead atoms. The van der Waals surface area contributed by atoms with Gasteiger partial charge < -0.3 is 9.47 Å². The van der Waals surface area contributed by atoms with Crippen LogP contribution in [0.25, 0.3) is 0 Å². The van der Waals surface area contributed by atoms with Crippen LogP contribution in [0.2, 0.25) is 0 Å². The highest BCUT2D eigenvalue weighted by atomic mass is 19.1. The minimum atomic E-state index is -0.739. The Bertz CT molecular complexity index is 66.1. The highest BCUT2D eigenvalue weighted by Crippen LogP contribution is 1.78. The van der Waals surface area contributed by atoms with E-state index >= 15 is 0 Å². The first-order valence-electron chi connectivity index (χ1n) is 2.74. The quantitative estimate of drug-likeness (QED) is 0.400. The smallest absolute Gasteiger partial charge is 0.188 e. The largest absolute Gasteiger partial charge is 0.375 e. The fourth-order valence-corrected chi connectivity index (χ4v) is 0.339. The van der Waals surface area contributed by atoms with E-state index in [-0.39, 0.29) is 0 Å². The lowest BCUT2D eigenvalue weighted by atomic mass is 10.7. The zero-order chi connectivity index (χ0) is 6.95. The maximum atomic E-state index is 11.2. The summed E-state index contributed by atoms with van der Waals surface area (Å²) in [6, 6.07) is 0. The van der Waals surface area contributed by atoms with Gasteiger partial charge >= 0.3 is 0 Å². The van der Waals surface area contributed by atoms with E-state index in [4.69, 9.17) is 4.74 Å². The molecule has 0 aliphatic rings. The van der Waals surface area contributed by atoms with Crippen molar-refractivity contribution >= 4 is 0 Å². The van der Waals surface area contributed by atoms with Gasteiger partial charge in [0.05, 0.1) is 19.8 Å². The topological polar surface area (TPSA) is 18.5 Å². The van der Waals surface area contributed by atoms with Crippen LogP contribution < -0.4 is 0 Å². The molecule has 0 unspecified atom stereocenters. The summed E-state index contributed by atoms with van der Waals surface area (Å²) in [5, 5.41) is 0. The van der Waals surface area contributed by atoms with Crippen molar-refractivity contribution in [3.8, 4) is 0 Å². The Kier molecular flexibility index (Phi) is 7.24. The lowest BCUT2D eigenvalue weighted by molar-refractivity contribution is 0.0160. The molecule has 54 valence electrons. The maximum Gasteiger partial charge on any atom is 0.188 e. The zero-order valence-electron chi connectivity index (χ0n) is 5.31. The molecule has 0 amide bonds. The number of alkyl halides is 1. The second-order valence-electron chi connectivity index (χ2n) is 1.38. The van der Waals surface area contributed by atoms with E-state index in [1.54, 1.807) is 6.08 Å².